The van der Waals surface area contributed by atoms with E-state index in [-0.39, 0.29) is 12.5 Å². The van der Waals surface area contributed by atoms with E-state index in [0.717, 1.165) is 49.1 Å². The van der Waals surface area contributed by atoms with Gasteiger partial charge in [0.2, 0.25) is 5.89 Å². The number of aromatic nitrogens is 1. The van der Waals surface area contributed by atoms with Gasteiger partial charge in [0.1, 0.15) is 18.1 Å². The Morgan fingerprint density at radius 2 is 1.80 bits per heavy atom. The molecule has 2 heterocycles. The first-order chi connectivity index (χ1) is 17.0. The summed E-state index contributed by atoms with van der Waals surface area (Å²) < 4.78 is 22.3. The van der Waals surface area contributed by atoms with Gasteiger partial charge >= 0.3 is 6.09 Å². The number of amides is 2. The fraction of sp³-hybridized carbons (Fsp3) is 0.370. The second-order valence-electron chi connectivity index (χ2n) is 8.50. The number of cyclic esters (lactones) is 1. The van der Waals surface area contributed by atoms with Crippen molar-refractivity contribution in [2.45, 2.75) is 58.2 Å². The third-order valence-corrected chi connectivity index (χ3v) is 5.95. The van der Waals surface area contributed by atoms with E-state index in [4.69, 9.17) is 18.6 Å². The molecule has 1 fully saturated rings. The summed E-state index contributed by atoms with van der Waals surface area (Å²) in [6.07, 6.45) is 4.06. The molecular formula is C27H30N2O6. The molecule has 184 valence electrons. The van der Waals surface area contributed by atoms with Crippen LogP contribution in [0.25, 0.3) is 11.5 Å². The van der Waals surface area contributed by atoms with Crippen LogP contribution in [-0.2, 0) is 22.6 Å². The van der Waals surface area contributed by atoms with Crippen molar-refractivity contribution in [3.8, 4) is 23.0 Å². The average Bonchev–Trinajstić information content (AvgIpc) is 3.40. The summed E-state index contributed by atoms with van der Waals surface area (Å²) in [5.41, 5.74) is 2.85. The molecule has 0 spiro atoms. The van der Waals surface area contributed by atoms with Gasteiger partial charge in [-0.2, -0.15) is 0 Å². The normalized spacial score (nSPS) is 15.1. The van der Waals surface area contributed by atoms with Gasteiger partial charge in [-0.3, -0.25) is 10.1 Å². The first-order valence-electron chi connectivity index (χ1n) is 11.9. The number of imide groups is 1. The lowest BCUT2D eigenvalue weighted by Crippen LogP contribution is -2.24. The predicted molar refractivity (Wildman–Crippen MR) is 129 cm³/mol. The van der Waals surface area contributed by atoms with Gasteiger partial charge in [0, 0.05) is 5.56 Å². The summed E-state index contributed by atoms with van der Waals surface area (Å²) in [4.78, 5) is 27.1. The predicted octanol–water partition coefficient (Wildman–Crippen LogP) is 5.37. The van der Waals surface area contributed by atoms with Gasteiger partial charge in [-0.05, 0) is 62.4 Å². The molecule has 1 aliphatic heterocycles. The fourth-order valence-electron chi connectivity index (χ4n) is 3.99. The molecule has 0 aliphatic carbocycles. The smallest absolute Gasteiger partial charge is 0.414 e. The highest BCUT2D eigenvalue weighted by atomic mass is 16.6. The number of aryl methyl sites for hydroxylation is 2. The zero-order valence-corrected chi connectivity index (χ0v) is 20.0. The summed E-state index contributed by atoms with van der Waals surface area (Å²) in [6, 6.07) is 15.8. The quantitative estimate of drug-likeness (QED) is 0.350. The van der Waals surface area contributed by atoms with E-state index in [0.29, 0.717) is 23.8 Å². The maximum Gasteiger partial charge on any atom is 0.414 e. The molecular weight excluding hydrogens is 448 g/mol. The fourth-order valence-corrected chi connectivity index (χ4v) is 3.99. The number of nitrogens with zero attached hydrogens (tertiary/aromatic N) is 1. The molecule has 1 aliphatic rings. The molecule has 1 atom stereocenters. The van der Waals surface area contributed by atoms with Crippen molar-refractivity contribution >= 4 is 12.0 Å². The van der Waals surface area contributed by atoms with Crippen LogP contribution in [0.2, 0.25) is 0 Å². The molecule has 1 N–H and O–H groups in total. The van der Waals surface area contributed by atoms with Crippen molar-refractivity contribution in [3.05, 3.63) is 65.5 Å². The van der Waals surface area contributed by atoms with Crippen molar-refractivity contribution in [1.82, 2.24) is 10.3 Å². The summed E-state index contributed by atoms with van der Waals surface area (Å²) in [5.74, 6) is 2.31. The number of ether oxygens (including phenoxy) is 3. The van der Waals surface area contributed by atoms with Crippen LogP contribution in [0.1, 0.15) is 49.1 Å². The van der Waals surface area contributed by atoms with Crippen LogP contribution < -0.4 is 14.8 Å². The number of carbonyl (C=O) groups is 2. The van der Waals surface area contributed by atoms with Crippen LogP contribution in [-0.4, -0.2) is 30.2 Å². The monoisotopic (exact) mass is 478 g/mol. The maximum atomic E-state index is 11.5. The second kappa shape index (κ2) is 11.6. The minimum absolute atomic E-state index is 0.284. The van der Waals surface area contributed by atoms with Gasteiger partial charge < -0.3 is 18.6 Å². The number of methoxy groups -OCH3 is 1. The van der Waals surface area contributed by atoms with E-state index in [1.54, 1.807) is 7.11 Å². The molecule has 8 heteroatoms. The number of hydrogen-bond donors (Lipinski definition) is 1. The molecule has 1 aromatic heterocycles. The second-order valence-corrected chi connectivity index (χ2v) is 8.50. The zero-order chi connectivity index (χ0) is 24.6. The van der Waals surface area contributed by atoms with Crippen LogP contribution >= 0.6 is 0 Å². The number of benzene rings is 2. The Kier molecular flexibility index (Phi) is 8.03. The number of hydrogen-bond acceptors (Lipinski definition) is 7. The lowest BCUT2D eigenvalue weighted by Gasteiger charge is -2.12. The van der Waals surface area contributed by atoms with Crippen molar-refractivity contribution in [3.63, 3.8) is 0 Å². The number of oxazole rings is 1. The Morgan fingerprint density at radius 3 is 2.54 bits per heavy atom. The molecule has 4 rings (SSSR count). The Bertz CT molecular complexity index is 1160. The van der Waals surface area contributed by atoms with Crippen molar-refractivity contribution in [1.29, 1.82) is 0 Å². The Hall–Kier alpha value is -3.81. The highest BCUT2D eigenvalue weighted by Gasteiger charge is 2.31. The minimum Gasteiger partial charge on any atom is -0.493 e. The lowest BCUT2D eigenvalue weighted by molar-refractivity contribution is -0.123. The Labute approximate surface area is 204 Å². The van der Waals surface area contributed by atoms with Crippen LogP contribution in [0.5, 0.6) is 11.5 Å². The first kappa shape index (κ1) is 24.3. The lowest BCUT2D eigenvalue weighted by atomic mass is 10.0. The number of nitrogens with one attached hydrogen (secondary N) is 1. The number of rotatable bonds is 12. The SMILES string of the molecule is COc1cc(CCCCCCC2OC(=O)NC2=O)ccc1OCc1nc(-c2ccccc2)oc1C. The number of carbonyl (C=O) groups excluding carboxylic acids is 2. The molecule has 2 amide bonds. The third kappa shape index (κ3) is 6.41. The van der Waals surface area contributed by atoms with E-state index >= 15 is 0 Å². The highest BCUT2D eigenvalue weighted by molar-refractivity contribution is 5.99. The molecule has 35 heavy (non-hydrogen) atoms. The summed E-state index contributed by atoms with van der Waals surface area (Å²) >= 11 is 0. The highest BCUT2D eigenvalue weighted by Crippen LogP contribution is 2.30. The maximum absolute atomic E-state index is 11.5. The summed E-state index contributed by atoms with van der Waals surface area (Å²) in [5, 5.41) is 2.15. The van der Waals surface area contributed by atoms with Crippen LogP contribution in [0.15, 0.2) is 52.9 Å². The molecule has 0 saturated carbocycles. The topological polar surface area (TPSA) is 99.9 Å². The van der Waals surface area contributed by atoms with Gasteiger partial charge in [0.15, 0.2) is 17.6 Å². The Balaban J connectivity index is 1.24. The molecule has 1 unspecified atom stereocenters. The van der Waals surface area contributed by atoms with E-state index < -0.39 is 12.2 Å². The number of alkyl carbamates (subject to hydrolysis) is 1. The molecule has 2 aromatic carbocycles. The number of unbranched alkanes of at least 4 members (excludes halogenated alkanes) is 3. The van der Waals surface area contributed by atoms with E-state index in [1.165, 1.54) is 5.56 Å². The third-order valence-electron chi connectivity index (χ3n) is 5.95. The summed E-state index contributed by atoms with van der Waals surface area (Å²) in [6.45, 7) is 2.17. The van der Waals surface area contributed by atoms with Crippen LogP contribution in [0.3, 0.4) is 0 Å². The summed E-state index contributed by atoms with van der Waals surface area (Å²) in [7, 11) is 1.63. The largest absolute Gasteiger partial charge is 0.493 e. The van der Waals surface area contributed by atoms with Crippen molar-refractivity contribution < 1.29 is 28.2 Å². The van der Waals surface area contributed by atoms with Crippen molar-refractivity contribution in [2.24, 2.45) is 0 Å². The molecule has 1 saturated heterocycles. The van der Waals surface area contributed by atoms with Crippen LogP contribution in [0.4, 0.5) is 4.79 Å². The molecule has 3 aromatic rings. The van der Waals surface area contributed by atoms with Crippen LogP contribution in [0, 0.1) is 6.92 Å². The molecule has 8 nitrogen and oxygen atoms in total. The van der Waals surface area contributed by atoms with Crippen molar-refractivity contribution in [2.75, 3.05) is 7.11 Å². The molecule has 0 radical (unpaired) electrons. The van der Waals surface area contributed by atoms with Gasteiger partial charge in [-0.1, -0.05) is 37.1 Å². The Morgan fingerprint density at radius 1 is 1.00 bits per heavy atom. The van der Waals surface area contributed by atoms with E-state index in [1.807, 2.05) is 55.5 Å². The van der Waals surface area contributed by atoms with Gasteiger partial charge in [-0.25, -0.2) is 9.78 Å². The first-order valence-corrected chi connectivity index (χ1v) is 11.9. The van der Waals surface area contributed by atoms with Gasteiger partial charge in [0.05, 0.1) is 7.11 Å². The molecule has 0 bridgehead atoms. The van der Waals surface area contributed by atoms with E-state index in [2.05, 4.69) is 10.3 Å². The standard InChI is InChI=1S/C27H30N2O6/c1-18-21(28-26(34-18)20-11-7-5-8-12-20)17-33-22-15-14-19(16-24(22)32-2)10-6-3-4-9-13-23-25(30)29-27(31)35-23/h5,7-8,11-12,14-16,23H,3-4,6,9-10,13,17H2,1-2H3,(H,29,30,31). The van der Waals surface area contributed by atoms with Gasteiger partial charge in [0.25, 0.3) is 5.91 Å². The average molecular weight is 479 g/mol. The van der Waals surface area contributed by atoms with Gasteiger partial charge in [-0.15, -0.1) is 0 Å². The van der Waals surface area contributed by atoms with E-state index in [9.17, 15) is 9.59 Å². The minimum atomic E-state index is -0.644. The zero-order valence-electron chi connectivity index (χ0n) is 20.0.